The second-order valence-corrected chi connectivity index (χ2v) is 11.5. The van der Waals surface area contributed by atoms with E-state index in [4.69, 9.17) is 5.10 Å². The molecule has 3 aromatic rings. The van der Waals surface area contributed by atoms with Gasteiger partial charge in [-0.2, -0.15) is 5.10 Å². The number of carbonyl (C=O) groups excluding carboxylic acids is 4. The Morgan fingerprint density at radius 3 is 2.49 bits per heavy atom. The quantitative estimate of drug-likeness (QED) is 0.244. The Balaban J connectivity index is 1.08. The Labute approximate surface area is 262 Å². The molecule has 0 radical (unpaired) electrons. The number of hydrazone groups is 1. The summed E-state index contributed by atoms with van der Waals surface area (Å²) in [6.45, 7) is 1.66. The second kappa shape index (κ2) is 13.7. The molecule has 3 aliphatic heterocycles. The molecule has 2 aromatic carbocycles. The van der Waals surface area contributed by atoms with Crippen molar-refractivity contribution in [2.45, 2.75) is 44.4 Å². The first-order chi connectivity index (χ1) is 22.0. The van der Waals surface area contributed by atoms with Crippen LogP contribution in [0.25, 0.3) is 10.9 Å². The predicted octanol–water partition coefficient (Wildman–Crippen LogP) is 4.28. The van der Waals surface area contributed by atoms with Crippen LogP contribution in [-0.4, -0.2) is 70.4 Å². The molecule has 1 unspecified atom stereocenters. The van der Waals surface area contributed by atoms with Crippen LogP contribution in [0.1, 0.15) is 55.6 Å². The van der Waals surface area contributed by atoms with Gasteiger partial charge in [-0.3, -0.25) is 29.1 Å². The lowest BCUT2D eigenvalue weighted by Gasteiger charge is -2.30. The van der Waals surface area contributed by atoms with E-state index in [9.17, 15) is 19.2 Å². The van der Waals surface area contributed by atoms with Crippen LogP contribution < -0.4 is 10.2 Å². The third kappa shape index (κ3) is 6.85. The lowest BCUT2D eigenvalue weighted by Crippen LogP contribution is -2.40. The number of aromatic nitrogens is 1. The minimum Gasteiger partial charge on any atom is -0.355 e. The topological polar surface area (TPSA) is 115 Å². The standard InChI is InChI=1S/C35H36N6O4/c42-32(24-40-33(43)16-17-34(40)44)37-18-3-1-2-4-22-41-35(45)29(27-9-7-11-30-28(27)10-8-19-36-30)23-31(38-41)25-12-14-26(15-13-25)39-20-5-6-21-39/h5,7-17,19-20,29H,1-4,6,18,21-24H2,(H,37,42). The third-order valence-electron chi connectivity index (χ3n) is 8.42. The number of carbonyl (C=O) groups is 4. The number of rotatable bonds is 12. The molecule has 3 aliphatic rings. The van der Waals surface area contributed by atoms with Crippen LogP contribution in [0.4, 0.5) is 5.69 Å². The molecular weight excluding hydrogens is 568 g/mol. The van der Waals surface area contributed by atoms with Crippen LogP contribution in [0.2, 0.25) is 0 Å². The third-order valence-corrected chi connectivity index (χ3v) is 8.42. The van der Waals surface area contributed by atoms with Gasteiger partial charge in [0.2, 0.25) is 5.91 Å². The zero-order valence-electron chi connectivity index (χ0n) is 25.1. The molecule has 1 N–H and O–H groups in total. The van der Waals surface area contributed by atoms with Crippen LogP contribution in [0, 0.1) is 0 Å². The van der Waals surface area contributed by atoms with E-state index in [2.05, 4.69) is 51.7 Å². The summed E-state index contributed by atoms with van der Waals surface area (Å²) in [5.74, 6) is -1.68. The van der Waals surface area contributed by atoms with Crippen molar-refractivity contribution in [3.05, 3.63) is 96.3 Å². The summed E-state index contributed by atoms with van der Waals surface area (Å²) in [4.78, 5) is 56.9. The Bertz CT molecular complexity index is 1670. The minimum absolute atomic E-state index is 0.0123. The zero-order valence-corrected chi connectivity index (χ0v) is 25.1. The molecule has 10 heteroatoms. The maximum absolute atomic E-state index is 13.9. The van der Waals surface area contributed by atoms with E-state index < -0.39 is 11.8 Å². The molecule has 0 fully saturated rings. The highest BCUT2D eigenvalue weighted by Crippen LogP contribution is 2.34. The molecular formula is C35H36N6O4. The summed E-state index contributed by atoms with van der Waals surface area (Å²) in [7, 11) is 0. The van der Waals surface area contributed by atoms with Gasteiger partial charge in [0, 0.05) is 61.7 Å². The summed E-state index contributed by atoms with van der Waals surface area (Å²) >= 11 is 0. The monoisotopic (exact) mass is 604 g/mol. The highest BCUT2D eigenvalue weighted by atomic mass is 16.2. The Kier molecular flexibility index (Phi) is 9.09. The van der Waals surface area contributed by atoms with Gasteiger partial charge in [-0.15, -0.1) is 0 Å². The van der Waals surface area contributed by atoms with Gasteiger partial charge in [-0.1, -0.05) is 49.2 Å². The summed E-state index contributed by atoms with van der Waals surface area (Å²) in [5.41, 5.74) is 4.86. The van der Waals surface area contributed by atoms with Crippen LogP contribution in [0.15, 0.2) is 90.3 Å². The molecule has 0 saturated heterocycles. The SMILES string of the molecule is O=C(CN1C(=O)C=CC1=O)NCCCCCCN1N=C(c2ccc(N3C=CCC3)cc2)CC(c2cccc3ncccc23)C1=O. The average Bonchev–Trinajstić information content (AvgIpc) is 3.71. The highest BCUT2D eigenvalue weighted by Gasteiger charge is 2.33. The summed E-state index contributed by atoms with van der Waals surface area (Å²) < 4.78 is 0. The Morgan fingerprint density at radius 2 is 1.71 bits per heavy atom. The van der Waals surface area contributed by atoms with Crippen molar-refractivity contribution in [1.29, 1.82) is 0 Å². The zero-order chi connectivity index (χ0) is 31.2. The minimum atomic E-state index is -0.468. The number of nitrogens with one attached hydrogen (secondary N) is 1. The van der Waals surface area contributed by atoms with E-state index in [-0.39, 0.29) is 24.3 Å². The maximum atomic E-state index is 13.9. The molecule has 4 amide bonds. The first-order valence-electron chi connectivity index (χ1n) is 15.5. The van der Waals surface area contributed by atoms with Crippen molar-refractivity contribution in [2.24, 2.45) is 5.10 Å². The first-order valence-corrected chi connectivity index (χ1v) is 15.5. The van der Waals surface area contributed by atoms with Gasteiger partial charge in [-0.25, -0.2) is 5.01 Å². The van der Waals surface area contributed by atoms with Crippen LogP contribution in [-0.2, 0) is 19.2 Å². The number of anilines is 1. The van der Waals surface area contributed by atoms with Crippen LogP contribution in [0.3, 0.4) is 0 Å². The van der Waals surface area contributed by atoms with E-state index in [1.807, 2.05) is 30.3 Å². The second-order valence-electron chi connectivity index (χ2n) is 11.5. The number of nitrogens with zero attached hydrogens (tertiary/aromatic N) is 5. The molecule has 0 spiro atoms. The lowest BCUT2D eigenvalue weighted by atomic mass is 9.86. The molecule has 0 saturated carbocycles. The fourth-order valence-corrected chi connectivity index (χ4v) is 6.01. The van der Waals surface area contributed by atoms with E-state index in [1.165, 1.54) is 12.2 Å². The van der Waals surface area contributed by atoms with Gasteiger partial charge in [0.25, 0.3) is 17.7 Å². The van der Waals surface area contributed by atoms with Gasteiger partial charge in [0.1, 0.15) is 6.54 Å². The van der Waals surface area contributed by atoms with Crippen molar-refractivity contribution in [2.75, 3.05) is 31.1 Å². The molecule has 0 bridgehead atoms. The fraction of sp³-hybridized carbons (Fsp3) is 0.314. The Morgan fingerprint density at radius 1 is 0.911 bits per heavy atom. The van der Waals surface area contributed by atoms with Gasteiger partial charge < -0.3 is 10.2 Å². The molecule has 0 aliphatic carbocycles. The first kappa shape index (κ1) is 29.9. The van der Waals surface area contributed by atoms with E-state index >= 15 is 0 Å². The normalized spacial score (nSPS) is 18.0. The molecule has 1 atom stereocenters. The highest BCUT2D eigenvalue weighted by molar-refractivity contribution is 6.14. The summed E-state index contributed by atoms with van der Waals surface area (Å²) in [6, 6.07) is 18.3. The predicted molar refractivity (Wildman–Crippen MR) is 172 cm³/mol. The van der Waals surface area contributed by atoms with Crippen molar-refractivity contribution < 1.29 is 19.2 Å². The van der Waals surface area contributed by atoms with Crippen molar-refractivity contribution >= 4 is 45.9 Å². The number of benzene rings is 2. The number of hydrogen-bond acceptors (Lipinski definition) is 7. The van der Waals surface area contributed by atoms with Crippen molar-refractivity contribution in [3.63, 3.8) is 0 Å². The van der Waals surface area contributed by atoms with E-state index in [1.54, 1.807) is 11.2 Å². The molecule has 1 aromatic heterocycles. The van der Waals surface area contributed by atoms with E-state index in [0.29, 0.717) is 19.5 Å². The van der Waals surface area contributed by atoms with Crippen molar-refractivity contribution in [1.82, 2.24) is 20.2 Å². The smallest absolute Gasteiger partial charge is 0.254 e. The summed E-state index contributed by atoms with van der Waals surface area (Å²) in [6.07, 6.45) is 13.2. The average molecular weight is 605 g/mol. The van der Waals surface area contributed by atoms with Gasteiger partial charge >= 0.3 is 0 Å². The largest absolute Gasteiger partial charge is 0.355 e. The van der Waals surface area contributed by atoms with Gasteiger partial charge in [0.15, 0.2) is 0 Å². The fourth-order valence-electron chi connectivity index (χ4n) is 6.01. The Hall–Kier alpha value is -5.12. The number of fused-ring (bicyclic) bond motifs is 1. The number of hydrogen-bond donors (Lipinski definition) is 1. The van der Waals surface area contributed by atoms with Gasteiger partial charge in [-0.05, 0) is 54.7 Å². The van der Waals surface area contributed by atoms with E-state index in [0.717, 1.165) is 77.0 Å². The molecule has 4 heterocycles. The van der Waals surface area contributed by atoms with Crippen molar-refractivity contribution in [3.8, 4) is 0 Å². The number of imide groups is 1. The molecule has 6 rings (SSSR count). The molecule has 10 nitrogen and oxygen atoms in total. The summed E-state index contributed by atoms with van der Waals surface area (Å²) in [5, 5.41) is 10.3. The molecule has 45 heavy (non-hydrogen) atoms. The lowest BCUT2D eigenvalue weighted by molar-refractivity contribution is -0.141. The van der Waals surface area contributed by atoms with Gasteiger partial charge in [0.05, 0.1) is 17.1 Å². The number of pyridine rings is 1. The molecule has 230 valence electrons. The van der Waals surface area contributed by atoms with Crippen LogP contribution in [0.5, 0.6) is 0 Å². The number of unbranched alkanes of at least 4 members (excludes halogenated alkanes) is 3. The number of amides is 4. The maximum Gasteiger partial charge on any atom is 0.254 e. The van der Waals surface area contributed by atoms with Crippen LogP contribution >= 0.6 is 0 Å².